The van der Waals surface area contributed by atoms with E-state index in [4.69, 9.17) is 5.53 Å². The lowest BCUT2D eigenvalue weighted by molar-refractivity contribution is 0.268. The number of hydrogen-bond acceptors (Lipinski definition) is 1. The smallest absolute Gasteiger partial charge is 0.0499 e. The Morgan fingerprint density at radius 3 is 2.56 bits per heavy atom. The minimum absolute atomic E-state index is 0.273. The van der Waals surface area contributed by atoms with E-state index >= 15 is 0 Å². The molecule has 0 spiro atoms. The predicted molar refractivity (Wildman–Crippen MR) is 33.7 cm³/mol. The normalized spacial score (nSPS) is 43.8. The Kier molecular flexibility index (Phi) is 0.822. The van der Waals surface area contributed by atoms with Crippen LogP contribution >= 0.6 is 0 Å². The average molecular weight is 121 g/mol. The zero-order valence-electron chi connectivity index (χ0n) is 4.94. The Morgan fingerprint density at radius 2 is 2.11 bits per heavy atom. The molecule has 9 heavy (non-hydrogen) atoms. The lowest BCUT2D eigenvalue weighted by Crippen LogP contribution is -2.32. The van der Waals surface area contributed by atoms with Gasteiger partial charge >= 0.3 is 0 Å². The molecule has 3 rings (SSSR count). The van der Waals surface area contributed by atoms with Crippen LogP contribution in [0.4, 0.5) is 0 Å². The zero-order chi connectivity index (χ0) is 6.27. The fraction of sp³-hybridized carbons (Fsp3) is 0.667. The van der Waals surface area contributed by atoms with Crippen molar-refractivity contribution in [3.63, 3.8) is 0 Å². The molecule has 3 aliphatic carbocycles. The van der Waals surface area contributed by atoms with Gasteiger partial charge in [-0.1, -0.05) is 17.3 Å². The second-order valence-corrected chi connectivity index (χ2v) is 2.64. The summed E-state index contributed by atoms with van der Waals surface area (Å²) in [5, 5.41) is 3.67. The van der Waals surface area contributed by atoms with Crippen molar-refractivity contribution in [3.8, 4) is 0 Å². The molecule has 0 saturated heterocycles. The van der Waals surface area contributed by atoms with Gasteiger partial charge in [0.25, 0.3) is 0 Å². The van der Waals surface area contributed by atoms with E-state index in [1.807, 2.05) is 0 Å². The third-order valence-electron chi connectivity index (χ3n) is 2.21. The first-order valence-electron chi connectivity index (χ1n) is 3.14. The molecule has 0 aromatic rings. The van der Waals surface area contributed by atoms with E-state index in [-0.39, 0.29) is 6.04 Å². The summed E-state index contributed by atoms with van der Waals surface area (Å²) >= 11 is 0. The summed E-state index contributed by atoms with van der Waals surface area (Å²) in [6.07, 6.45) is 5.53. The molecule has 0 aliphatic heterocycles. The summed E-state index contributed by atoms with van der Waals surface area (Å²) < 4.78 is 0. The van der Waals surface area contributed by atoms with Crippen LogP contribution in [0.1, 0.15) is 6.42 Å². The second-order valence-electron chi connectivity index (χ2n) is 2.64. The molecule has 0 aromatic heterocycles. The average Bonchev–Trinajstić information content (AvgIpc) is 2.39. The summed E-state index contributed by atoms with van der Waals surface area (Å²) in [6.45, 7) is 0. The van der Waals surface area contributed by atoms with Gasteiger partial charge in [0, 0.05) is 11.0 Å². The van der Waals surface area contributed by atoms with E-state index in [9.17, 15) is 0 Å². The fourth-order valence-electron chi connectivity index (χ4n) is 1.62. The minimum atomic E-state index is 0.273. The molecule has 2 unspecified atom stereocenters. The number of azide groups is 1. The monoisotopic (exact) mass is 121 g/mol. The van der Waals surface area contributed by atoms with Gasteiger partial charge in [-0.3, -0.25) is 0 Å². The topological polar surface area (TPSA) is 48.8 Å². The van der Waals surface area contributed by atoms with Crippen molar-refractivity contribution in [2.24, 2.45) is 17.0 Å². The molecular formula is C6H7N3. The maximum Gasteiger partial charge on any atom is 0.0499 e. The molecule has 3 heteroatoms. The molecule has 0 heterocycles. The molecule has 0 amide bonds. The second kappa shape index (κ2) is 1.52. The van der Waals surface area contributed by atoms with E-state index in [0.29, 0.717) is 11.8 Å². The first-order chi connectivity index (χ1) is 4.42. The molecule has 1 fully saturated rings. The summed E-state index contributed by atoms with van der Waals surface area (Å²) in [5.41, 5.74) is 8.10. The third kappa shape index (κ3) is 0.495. The van der Waals surface area contributed by atoms with Crippen LogP contribution in [0.15, 0.2) is 17.3 Å². The van der Waals surface area contributed by atoms with Crippen molar-refractivity contribution in [2.75, 3.05) is 0 Å². The molecule has 2 bridgehead atoms. The van der Waals surface area contributed by atoms with Gasteiger partial charge in [0.1, 0.15) is 0 Å². The fourth-order valence-corrected chi connectivity index (χ4v) is 1.62. The van der Waals surface area contributed by atoms with E-state index in [1.165, 1.54) is 6.42 Å². The molecule has 3 nitrogen and oxygen atoms in total. The summed E-state index contributed by atoms with van der Waals surface area (Å²) in [4.78, 5) is 2.78. The first kappa shape index (κ1) is 4.89. The minimum Gasteiger partial charge on any atom is -0.0894 e. The van der Waals surface area contributed by atoms with Crippen molar-refractivity contribution < 1.29 is 0 Å². The van der Waals surface area contributed by atoms with Crippen molar-refractivity contribution in [1.82, 2.24) is 0 Å². The van der Waals surface area contributed by atoms with E-state index < -0.39 is 0 Å². The van der Waals surface area contributed by atoms with Crippen LogP contribution in [-0.4, -0.2) is 6.04 Å². The van der Waals surface area contributed by atoms with Gasteiger partial charge in [-0.2, -0.15) is 0 Å². The lowest BCUT2D eigenvalue weighted by atomic mass is 9.78. The quantitative estimate of drug-likeness (QED) is 0.220. The van der Waals surface area contributed by atoms with Crippen LogP contribution in [0.25, 0.3) is 10.4 Å². The van der Waals surface area contributed by atoms with Crippen LogP contribution in [0.2, 0.25) is 0 Å². The Hall–Kier alpha value is -0.950. The Labute approximate surface area is 53.0 Å². The Morgan fingerprint density at radius 1 is 1.44 bits per heavy atom. The van der Waals surface area contributed by atoms with Crippen LogP contribution in [0.3, 0.4) is 0 Å². The van der Waals surface area contributed by atoms with Crippen LogP contribution in [0.5, 0.6) is 0 Å². The predicted octanol–water partition coefficient (Wildman–Crippen LogP) is 1.87. The van der Waals surface area contributed by atoms with Gasteiger partial charge < -0.3 is 0 Å². The van der Waals surface area contributed by atoms with E-state index in [2.05, 4.69) is 22.2 Å². The molecule has 0 radical (unpaired) electrons. The highest BCUT2D eigenvalue weighted by Gasteiger charge is 2.41. The highest BCUT2D eigenvalue weighted by molar-refractivity contribution is 5.19. The van der Waals surface area contributed by atoms with Gasteiger partial charge in [-0.25, -0.2) is 0 Å². The van der Waals surface area contributed by atoms with Gasteiger partial charge in [0.15, 0.2) is 0 Å². The number of rotatable bonds is 1. The first-order valence-corrected chi connectivity index (χ1v) is 3.14. The van der Waals surface area contributed by atoms with Crippen molar-refractivity contribution >= 4 is 0 Å². The number of nitrogens with zero attached hydrogens (tertiary/aromatic N) is 3. The van der Waals surface area contributed by atoms with Gasteiger partial charge in [-0.15, -0.1) is 0 Å². The molecule has 3 aliphatic rings. The van der Waals surface area contributed by atoms with E-state index in [1.54, 1.807) is 0 Å². The third-order valence-corrected chi connectivity index (χ3v) is 2.21. The molecule has 2 atom stereocenters. The molecule has 0 aromatic carbocycles. The van der Waals surface area contributed by atoms with Crippen LogP contribution in [-0.2, 0) is 0 Å². The van der Waals surface area contributed by atoms with Crippen LogP contribution < -0.4 is 0 Å². The zero-order valence-corrected chi connectivity index (χ0v) is 4.94. The maximum atomic E-state index is 8.10. The lowest BCUT2D eigenvalue weighted by Gasteiger charge is -2.31. The van der Waals surface area contributed by atoms with E-state index in [0.717, 1.165) is 0 Å². The summed E-state index contributed by atoms with van der Waals surface area (Å²) in [5.74, 6) is 1.15. The largest absolute Gasteiger partial charge is 0.0894 e. The molecule has 46 valence electrons. The summed E-state index contributed by atoms with van der Waals surface area (Å²) in [6, 6.07) is 0.273. The molecular weight excluding hydrogens is 114 g/mol. The summed E-state index contributed by atoms with van der Waals surface area (Å²) in [7, 11) is 0. The Balaban J connectivity index is 2.14. The maximum absolute atomic E-state index is 8.10. The van der Waals surface area contributed by atoms with Gasteiger partial charge in [0.05, 0.1) is 0 Å². The van der Waals surface area contributed by atoms with Gasteiger partial charge in [0.2, 0.25) is 0 Å². The van der Waals surface area contributed by atoms with Crippen molar-refractivity contribution in [3.05, 3.63) is 22.6 Å². The molecule has 0 N–H and O–H groups in total. The Bertz CT molecular complexity index is 190. The SMILES string of the molecule is [N-]=[N+]=NC1C2C=CC1C2. The van der Waals surface area contributed by atoms with Gasteiger partial charge in [-0.05, 0) is 23.8 Å². The van der Waals surface area contributed by atoms with Crippen molar-refractivity contribution in [1.29, 1.82) is 0 Å². The standard InChI is InChI=1S/C6H7N3/c7-9-8-6-4-1-2-5(6)3-4/h1-2,4-6H,3H2. The highest BCUT2D eigenvalue weighted by Crippen LogP contribution is 2.44. The van der Waals surface area contributed by atoms with Crippen molar-refractivity contribution in [2.45, 2.75) is 12.5 Å². The molecule has 1 saturated carbocycles. The highest BCUT2D eigenvalue weighted by atomic mass is 15.2. The van der Waals surface area contributed by atoms with Crippen LogP contribution in [0, 0.1) is 11.8 Å². The number of hydrogen-bond donors (Lipinski definition) is 0.